The monoisotopic (exact) mass is 472 g/mol. The van der Waals surface area contributed by atoms with Gasteiger partial charge >= 0.3 is 17.9 Å². The summed E-state index contributed by atoms with van der Waals surface area (Å²) in [5, 5.41) is 59.1. The van der Waals surface area contributed by atoms with Gasteiger partial charge in [0.25, 0.3) is 0 Å². The van der Waals surface area contributed by atoms with Crippen LogP contribution < -0.4 is 0 Å². The van der Waals surface area contributed by atoms with Gasteiger partial charge in [-0.2, -0.15) is 10.5 Å². The standard InChI is InChI=1S/C16H30O8.C5H2N2O2/c17-9-13(19)11-23-15(21)7-5-3-1-2-4-6-8-16(22)24-12-14(20)10-18;6-2-1-4(3-7)5(8)9/h13-14,17-20H,1-12H2;1H,(H,8,9). The lowest BCUT2D eigenvalue weighted by atomic mass is 10.1. The summed E-state index contributed by atoms with van der Waals surface area (Å²) in [4.78, 5) is 32.5. The van der Waals surface area contributed by atoms with Gasteiger partial charge in [0.15, 0.2) is 0 Å². The zero-order valence-corrected chi connectivity index (χ0v) is 18.4. The first kappa shape index (κ1) is 32.2. The quantitative estimate of drug-likeness (QED) is 0.0863. The van der Waals surface area contributed by atoms with Gasteiger partial charge in [0, 0.05) is 18.9 Å². The van der Waals surface area contributed by atoms with E-state index in [0.717, 1.165) is 25.7 Å². The molecule has 5 N–H and O–H groups in total. The van der Waals surface area contributed by atoms with Gasteiger partial charge in [-0.15, -0.1) is 0 Å². The van der Waals surface area contributed by atoms with E-state index in [2.05, 4.69) is 0 Å². The zero-order chi connectivity index (χ0) is 25.5. The zero-order valence-electron chi connectivity index (χ0n) is 18.4. The number of ether oxygens (including phenoxy) is 2. The van der Waals surface area contributed by atoms with Crippen LogP contribution in [-0.4, -0.2) is 82.1 Å². The summed E-state index contributed by atoms with van der Waals surface area (Å²) in [5.74, 6) is -2.13. The topological polar surface area (TPSA) is 218 Å². The molecule has 2 atom stereocenters. The number of aliphatic carboxylic acids is 1. The second-order valence-electron chi connectivity index (χ2n) is 6.76. The molecule has 0 aliphatic heterocycles. The molecule has 0 aromatic heterocycles. The fourth-order valence-corrected chi connectivity index (χ4v) is 2.08. The molecule has 0 aromatic carbocycles. The largest absolute Gasteiger partial charge is 0.477 e. The van der Waals surface area contributed by atoms with Gasteiger partial charge in [0.05, 0.1) is 19.3 Å². The molecule has 0 saturated heterocycles. The lowest BCUT2D eigenvalue weighted by Gasteiger charge is -2.08. The number of carboxylic acid groups (broad SMARTS) is 1. The molecule has 33 heavy (non-hydrogen) atoms. The number of carbonyl (C=O) groups excluding carboxylic acids is 2. The number of unbranched alkanes of at least 4 members (excludes halogenated alkanes) is 5. The second-order valence-corrected chi connectivity index (χ2v) is 6.76. The van der Waals surface area contributed by atoms with Crippen molar-refractivity contribution in [3.05, 3.63) is 11.6 Å². The molecule has 0 spiro atoms. The maximum Gasteiger partial charge on any atom is 0.347 e. The molecule has 0 radical (unpaired) electrons. The van der Waals surface area contributed by atoms with Crippen molar-refractivity contribution >= 4 is 17.9 Å². The Balaban J connectivity index is 0. The number of aliphatic hydroxyl groups excluding tert-OH is 4. The van der Waals surface area contributed by atoms with Gasteiger partial charge in [-0.25, -0.2) is 4.79 Å². The average molecular weight is 472 g/mol. The molecule has 0 amide bonds. The molecule has 186 valence electrons. The van der Waals surface area contributed by atoms with E-state index in [9.17, 15) is 14.4 Å². The fraction of sp³-hybridized carbons (Fsp3) is 0.667. The molecule has 0 aliphatic carbocycles. The number of hydrogen-bond donors (Lipinski definition) is 5. The second kappa shape index (κ2) is 22.2. The molecule has 2 unspecified atom stereocenters. The van der Waals surface area contributed by atoms with Crippen molar-refractivity contribution in [2.24, 2.45) is 0 Å². The average Bonchev–Trinajstić information content (AvgIpc) is 2.80. The molecule has 12 heteroatoms. The van der Waals surface area contributed by atoms with Crippen LogP contribution in [0.4, 0.5) is 0 Å². The molecule has 0 heterocycles. The van der Waals surface area contributed by atoms with Crippen molar-refractivity contribution in [2.75, 3.05) is 26.4 Å². The molecule has 12 nitrogen and oxygen atoms in total. The highest BCUT2D eigenvalue weighted by molar-refractivity contribution is 5.91. The van der Waals surface area contributed by atoms with Crippen molar-refractivity contribution in [1.29, 1.82) is 10.5 Å². The predicted octanol–water partition coefficient (Wildman–Crippen LogP) is -0.0554. The predicted molar refractivity (Wildman–Crippen MR) is 112 cm³/mol. The van der Waals surface area contributed by atoms with E-state index < -0.39 is 37.0 Å². The van der Waals surface area contributed by atoms with Crippen LogP contribution in [0.15, 0.2) is 11.6 Å². The third-order valence-electron chi connectivity index (χ3n) is 3.87. The van der Waals surface area contributed by atoms with Gasteiger partial charge in [0.2, 0.25) is 0 Å². The van der Waals surface area contributed by atoms with Crippen LogP contribution in [0.5, 0.6) is 0 Å². The third kappa shape index (κ3) is 22.0. The summed E-state index contributed by atoms with van der Waals surface area (Å²) in [6.45, 7) is -1.22. The molecule has 0 saturated carbocycles. The molecule has 0 rings (SSSR count). The maximum atomic E-state index is 11.3. The van der Waals surface area contributed by atoms with Gasteiger partial charge < -0.3 is 35.0 Å². The van der Waals surface area contributed by atoms with E-state index >= 15 is 0 Å². The minimum Gasteiger partial charge on any atom is -0.477 e. The summed E-state index contributed by atoms with van der Waals surface area (Å²) in [5.41, 5.74) is -0.544. The van der Waals surface area contributed by atoms with Crippen LogP contribution in [0.25, 0.3) is 0 Å². The van der Waals surface area contributed by atoms with Crippen molar-refractivity contribution in [1.82, 2.24) is 0 Å². The van der Waals surface area contributed by atoms with Crippen molar-refractivity contribution in [2.45, 2.75) is 63.6 Å². The Morgan fingerprint density at radius 1 is 0.788 bits per heavy atom. The van der Waals surface area contributed by atoms with E-state index in [1.165, 1.54) is 12.1 Å². The Morgan fingerprint density at radius 2 is 1.18 bits per heavy atom. The van der Waals surface area contributed by atoms with Crippen molar-refractivity contribution < 1.29 is 49.4 Å². The smallest absolute Gasteiger partial charge is 0.347 e. The Bertz CT molecular complexity index is 650. The first-order chi connectivity index (χ1) is 15.7. The Kier molecular flexibility index (Phi) is 21.6. The molecule has 0 fully saturated rings. The molecule has 0 aromatic rings. The van der Waals surface area contributed by atoms with Crippen LogP contribution >= 0.6 is 0 Å². The number of esters is 2. The van der Waals surface area contributed by atoms with Gasteiger partial charge in [-0.3, -0.25) is 9.59 Å². The number of rotatable bonds is 16. The number of aliphatic hydroxyl groups is 4. The number of allylic oxidation sites excluding steroid dienone is 1. The number of carbonyl (C=O) groups is 3. The summed E-state index contributed by atoms with van der Waals surface area (Å²) in [6, 6.07) is 2.78. The van der Waals surface area contributed by atoms with E-state index in [0.29, 0.717) is 18.9 Å². The van der Waals surface area contributed by atoms with Crippen molar-refractivity contribution in [3.63, 3.8) is 0 Å². The fourth-order valence-electron chi connectivity index (χ4n) is 2.08. The summed E-state index contributed by atoms with van der Waals surface area (Å²) in [7, 11) is 0. The minimum absolute atomic E-state index is 0.180. The molecule has 0 aliphatic rings. The van der Waals surface area contributed by atoms with E-state index in [4.69, 9.17) is 45.5 Å². The van der Waals surface area contributed by atoms with Gasteiger partial charge in [0.1, 0.15) is 37.1 Å². The Morgan fingerprint density at radius 3 is 1.45 bits per heavy atom. The van der Waals surface area contributed by atoms with Crippen LogP contribution in [-0.2, 0) is 23.9 Å². The highest BCUT2D eigenvalue weighted by atomic mass is 16.5. The number of nitriles is 2. The van der Waals surface area contributed by atoms with Gasteiger partial charge in [-0.05, 0) is 12.8 Å². The minimum atomic E-state index is -1.38. The maximum absolute atomic E-state index is 11.3. The lowest BCUT2D eigenvalue weighted by molar-refractivity contribution is -0.148. The molecular formula is C21H32N2O10. The van der Waals surface area contributed by atoms with Crippen LogP contribution in [0.2, 0.25) is 0 Å². The van der Waals surface area contributed by atoms with E-state index in [-0.39, 0.29) is 38.0 Å². The Labute approximate surface area is 192 Å². The first-order valence-corrected chi connectivity index (χ1v) is 10.3. The number of nitrogens with zero attached hydrogens (tertiary/aromatic N) is 2. The van der Waals surface area contributed by atoms with Crippen LogP contribution in [0.1, 0.15) is 51.4 Å². The van der Waals surface area contributed by atoms with E-state index in [1.54, 1.807) is 0 Å². The first-order valence-electron chi connectivity index (χ1n) is 10.3. The van der Waals surface area contributed by atoms with Crippen LogP contribution in [0, 0.1) is 22.7 Å². The third-order valence-corrected chi connectivity index (χ3v) is 3.87. The molecule has 0 bridgehead atoms. The SMILES string of the molecule is N#CC=C(C#N)C(=O)O.O=C(CCCCCCCCC(=O)OCC(O)CO)OCC(O)CO. The summed E-state index contributed by atoms with van der Waals surface area (Å²) < 4.78 is 9.56. The Hall–Kier alpha value is -3.03. The summed E-state index contributed by atoms with van der Waals surface area (Å²) >= 11 is 0. The molecular weight excluding hydrogens is 440 g/mol. The summed E-state index contributed by atoms with van der Waals surface area (Å²) in [6.07, 6.45) is 4.28. The van der Waals surface area contributed by atoms with Crippen LogP contribution in [0.3, 0.4) is 0 Å². The lowest BCUT2D eigenvalue weighted by Crippen LogP contribution is -2.21. The number of carboxylic acids is 1. The van der Waals surface area contributed by atoms with Gasteiger partial charge in [-0.1, -0.05) is 25.7 Å². The van der Waals surface area contributed by atoms with Crippen molar-refractivity contribution in [3.8, 4) is 12.1 Å². The highest BCUT2D eigenvalue weighted by Crippen LogP contribution is 2.09. The van der Waals surface area contributed by atoms with E-state index in [1.807, 2.05) is 0 Å². The normalized spacial score (nSPS) is 12.2. The highest BCUT2D eigenvalue weighted by Gasteiger charge is 2.08. The number of hydrogen-bond acceptors (Lipinski definition) is 11.